The maximum Gasteiger partial charge on any atom is 0.212 e. The molecule has 2 fully saturated rings. The third kappa shape index (κ3) is 5.30. The highest BCUT2D eigenvalue weighted by Gasteiger charge is 2.42. The first kappa shape index (κ1) is 27.3. The molecule has 2 aliphatic heterocycles. The number of halogens is 1. The van der Waals surface area contributed by atoms with Gasteiger partial charge in [-0.05, 0) is 49.2 Å². The third-order valence-corrected chi connectivity index (χ3v) is 13.2. The number of aryl methyl sites for hydroxylation is 1. The molecule has 8 nitrogen and oxygen atoms in total. The summed E-state index contributed by atoms with van der Waals surface area (Å²) in [6, 6.07) is 9.72. The summed E-state index contributed by atoms with van der Waals surface area (Å²) >= 11 is 0. The van der Waals surface area contributed by atoms with Gasteiger partial charge in [0.1, 0.15) is 18.2 Å². The Hall–Kier alpha value is -3.29. The normalized spacial score (nSPS) is 17.3. The van der Waals surface area contributed by atoms with Crippen LogP contribution in [0.1, 0.15) is 50.9 Å². The predicted octanol–water partition coefficient (Wildman–Crippen LogP) is 5.48. The minimum absolute atomic E-state index is 0.153. The Morgan fingerprint density at radius 1 is 1.08 bits per heavy atom. The fourth-order valence-electron chi connectivity index (χ4n) is 5.38. The van der Waals surface area contributed by atoms with Gasteiger partial charge in [0.25, 0.3) is 0 Å². The Bertz CT molecular complexity index is 1360. The van der Waals surface area contributed by atoms with Crippen LogP contribution in [0, 0.1) is 17.3 Å². The van der Waals surface area contributed by atoms with E-state index in [1.165, 1.54) is 6.07 Å². The molecule has 1 aromatic carbocycles. The maximum absolute atomic E-state index is 13.7. The van der Waals surface area contributed by atoms with E-state index in [-0.39, 0.29) is 11.1 Å². The van der Waals surface area contributed by atoms with Gasteiger partial charge >= 0.3 is 0 Å². The Labute approximate surface area is 231 Å². The molecule has 0 amide bonds. The zero-order chi connectivity index (χ0) is 27.9. The fourth-order valence-corrected chi connectivity index (χ4v) is 6.71. The van der Waals surface area contributed by atoms with Gasteiger partial charge in [-0.25, -0.2) is 4.98 Å². The molecular formula is C29H38FN7OSi. The molecule has 4 heterocycles. The number of benzene rings is 1. The van der Waals surface area contributed by atoms with E-state index in [9.17, 15) is 9.65 Å². The summed E-state index contributed by atoms with van der Waals surface area (Å²) in [5.41, 5.74) is 4.17. The summed E-state index contributed by atoms with van der Waals surface area (Å²) in [5, 5.41) is 19.0. The molecule has 39 heavy (non-hydrogen) atoms. The van der Waals surface area contributed by atoms with E-state index in [4.69, 9.17) is 4.43 Å². The van der Waals surface area contributed by atoms with E-state index >= 15 is 0 Å². The lowest BCUT2D eigenvalue weighted by atomic mass is 9.92. The standard InChI is InChI=1S/C29H38FN7OSi/c1-29(2,3)39(5,6)38-22-17-37(18-22)25-9-8-23(21-7-10-26(30)32-16-21)27(24(25)15-31)36-13-11-20(12-14-36)28-34-33-19-35(28)4/h7-10,16,19-20,22H,11-14,17-18H2,1-6H3. The van der Waals surface area contributed by atoms with Gasteiger partial charge in [0.2, 0.25) is 5.95 Å². The van der Waals surface area contributed by atoms with Crippen molar-refractivity contribution in [2.75, 3.05) is 36.0 Å². The molecular weight excluding hydrogens is 509 g/mol. The number of aromatic nitrogens is 4. The van der Waals surface area contributed by atoms with E-state index in [2.05, 4.69) is 71.0 Å². The smallest absolute Gasteiger partial charge is 0.212 e. The first-order chi connectivity index (χ1) is 18.5. The largest absolute Gasteiger partial charge is 0.410 e. The minimum Gasteiger partial charge on any atom is -0.410 e. The number of pyridine rings is 1. The molecule has 3 aromatic rings. The molecule has 2 saturated heterocycles. The molecule has 0 radical (unpaired) electrons. The van der Waals surface area contributed by atoms with Crippen LogP contribution in [0.2, 0.25) is 18.1 Å². The van der Waals surface area contributed by atoms with Crippen molar-refractivity contribution in [2.45, 2.75) is 63.8 Å². The van der Waals surface area contributed by atoms with Crippen molar-refractivity contribution in [1.29, 1.82) is 5.26 Å². The molecule has 0 N–H and O–H groups in total. The quantitative estimate of drug-likeness (QED) is 0.298. The highest BCUT2D eigenvalue weighted by atomic mass is 28.4. The van der Waals surface area contributed by atoms with Gasteiger partial charge in [0.15, 0.2) is 8.32 Å². The molecule has 0 unspecified atom stereocenters. The Morgan fingerprint density at radius 3 is 2.36 bits per heavy atom. The second kappa shape index (κ2) is 10.4. The van der Waals surface area contributed by atoms with E-state index in [1.807, 2.05) is 17.7 Å². The van der Waals surface area contributed by atoms with Gasteiger partial charge in [0.05, 0.1) is 23.0 Å². The van der Waals surface area contributed by atoms with Gasteiger partial charge < -0.3 is 18.8 Å². The van der Waals surface area contributed by atoms with Crippen LogP contribution in [0.25, 0.3) is 11.1 Å². The molecule has 0 aliphatic carbocycles. The van der Waals surface area contributed by atoms with Crippen molar-refractivity contribution in [3.05, 3.63) is 54.1 Å². The second-order valence-corrected chi connectivity index (χ2v) is 17.1. The lowest BCUT2D eigenvalue weighted by molar-refractivity contribution is 0.149. The van der Waals surface area contributed by atoms with E-state index in [0.29, 0.717) is 11.5 Å². The summed E-state index contributed by atoms with van der Waals surface area (Å²) < 4.78 is 22.3. The molecule has 0 saturated carbocycles. The Balaban J connectivity index is 1.44. The van der Waals surface area contributed by atoms with Crippen LogP contribution in [0.3, 0.4) is 0 Å². The van der Waals surface area contributed by atoms with Crippen molar-refractivity contribution >= 4 is 19.7 Å². The number of rotatable bonds is 6. The summed E-state index contributed by atoms with van der Waals surface area (Å²) in [6.07, 6.45) is 5.29. The average molecular weight is 548 g/mol. The summed E-state index contributed by atoms with van der Waals surface area (Å²) in [5.74, 6) is 0.803. The van der Waals surface area contributed by atoms with Crippen molar-refractivity contribution < 1.29 is 8.82 Å². The number of hydrogen-bond donors (Lipinski definition) is 0. The number of nitriles is 1. The van der Waals surface area contributed by atoms with Gasteiger partial charge in [-0.3, -0.25) is 0 Å². The summed E-state index contributed by atoms with van der Waals surface area (Å²) in [4.78, 5) is 8.44. The molecule has 10 heteroatoms. The molecule has 2 aliphatic rings. The first-order valence-corrected chi connectivity index (χ1v) is 16.6. The summed E-state index contributed by atoms with van der Waals surface area (Å²) in [7, 11) is 0.112. The predicted molar refractivity (Wildman–Crippen MR) is 154 cm³/mol. The van der Waals surface area contributed by atoms with Crippen LogP contribution in [-0.2, 0) is 11.5 Å². The Kier molecular flexibility index (Phi) is 7.24. The van der Waals surface area contributed by atoms with Crippen LogP contribution in [0.4, 0.5) is 15.8 Å². The second-order valence-electron chi connectivity index (χ2n) is 12.3. The van der Waals surface area contributed by atoms with Crippen LogP contribution in [-0.4, -0.2) is 60.3 Å². The maximum atomic E-state index is 13.7. The van der Waals surface area contributed by atoms with Gasteiger partial charge in [-0.15, -0.1) is 10.2 Å². The van der Waals surface area contributed by atoms with E-state index < -0.39 is 14.3 Å². The monoisotopic (exact) mass is 547 g/mol. The Morgan fingerprint density at radius 2 is 1.79 bits per heavy atom. The first-order valence-electron chi connectivity index (χ1n) is 13.7. The third-order valence-electron chi connectivity index (χ3n) is 8.69. The van der Waals surface area contributed by atoms with Gasteiger partial charge in [-0.1, -0.05) is 26.8 Å². The average Bonchev–Trinajstić information content (AvgIpc) is 3.31. The van der Waals surface area contributed by atoms with E-state index in [1.54, 1.807) is 18.6 Å². The van der Waals surface area contributed by atoms with Crippen LogP contribution in [0.5, 0.6) is 0 Å². The lowest BCUT2D eigenvalue weighted by Gasteiger charge is -2.47. The van der Waals surface area contributed by atoms with Crippen LogP contribution in [0.15, 0.2) is 36.8 Å². The highest BCUT2D eigenvalue weighted by molar-refractivity contribution is 6.74. The zero-order valence-corrected chi connectivity index (χ0v) is 24.8. The zero-order valence-electron chi connectivity index (χ0n) is 23.8. The topological polar surface area (TPSA) is 83.1 Å². The lowest BCUT2D eigenvalue weighted by Crippen LogP contribution is -2.58. The SMILES string of the molecule is Cn1cnnc1C1CCN(c2c(-c3ccc(F)nc3)ccc(N3CC(O[Si](C)(C)C(C)(C)C)C3)c2C#N)CC1. The fraction of sp³-hybridized carbons (Fsp3) is 0.517. The van der Waals surface area contributed by atoms with Crippen molar-refractivity contribution in [3.8, 4) is 17.2 Å². The van der Waals surface area contributed by atoms with Gasteiger partial charge in [0, 0.05) is 56.5 Å². The minimum atomic E-state index is -1.87. The molecule has 0 spiro atoms. The molecule has 206 valence electrons. The van der Waals surface area contributed by atoms with Crippen molar-refractivity contribution in [1.82, 2.24) is 19.7 Å². The number of anilines is 2. The molecule has 2 aromatic heterocycles. The van der Waals surface area contributed by atoms with Crippen LogP contribution < -0.4 is 9.80 Å². The molecule has 0 atom stereocenters. The van der Waals surface area contributed by atoms with Gasteiger partial charge in [-0.2, -0.15) is 9.65 Å². The number of piperidine rings is 1. The van der Waals surface area contributed by atoms with E-state index in [0.717, 1.165) is 67.3 Å². The molecule has 0 bridgehead atoms. The summed E-state index contributed by atoms with van der Waals surface area (Å²) in [6.45, 7) is 14.4. The highest BCUT2D eigenvalue weighted by Crippen LogP contribution is 2.43. The van der Waals surface area contributed by atoms with Crippen molar-refractivity contribution in [3.63, 3.8) is 0 Å². The van der Waals surface area contributed by atoms with Crippen molar-refractivity contribution in [2.24, 2.45) is 7.05 Å². The van der Waals surface area contributed by atoms with Crippen LogP contribution >= 0.6 is 0 Å². The molecule has 5 rings (SSSR count). The number of nitrogens with zero attached hydrogens (tertiary/aromatic N) is 7. The number of hydrogen-bond acceptors (Lipinski definition) is 7.